The number of aromatic amines is 1. The minimum Gasteiger partial charge on any atom is -0.460 e. The van der Waals surface area contributed by atoms with Crippen molar-refractivity contribution in [2.75, 3.05) is 6.61 Å². The van der Waals surface area contributed by atoms with Crippen LogP contribution < -0.4 is 0 Å². The maximum atomic E-state index is 11.9. The lowest BCUT2D eigenvalue weighted by Gasteiger charge is -2.01. The molecule has 0 amide bonds. The zero-order valence-corrected chi connectivity index (χ0v) is 12.0. The fraction of sp³-hybridized carbons (Fsp3) is 0.125. The van der Waals surface area contributed by atoms with E-state index in [9.17, 15) is 9.59 Å². The molecule has 0 radical (unpaired) electrons. The Morgan fingerprint density at radius 3 is 2.67 bits per heavy atom. The number of carbonyl (C=O) groups excluding carboxylic acids is 2. The van der Waals surface area contributed by atoms with E-state index in [1.165, 1.54) is 0 Å². The lowest BCUT2D eigenvalue weighted by Crippen LogP contribution is -2.17. The molecular weight excluding hydrogens is 290 g/mol. The predicted octanol–water partition coefficient (Wildman–Crippen LogP) is 3.72. The number of H-pyrrole nitrogens is 1. The molecule has 3 aromatic rings. The maximum Gasteiger partial charge on any atom is 0.379 e. The van der Waals surface area contributed by atoms with Crippen LogP contribution in [0.15, 0.2) is 36.4 Å². The van der Waals surface area contributed by atoms with Crippen molar-refractivity contribution in [3.63, 3.8) is 0 Å². The number of ether oxygens (including phenoxy) is 1. The first-order chi connectivity index (χ1) is 10.1. The second-order valence-electron chi connectivity index (χ2n) is 4.62. The number of carbonyl (C=O) groups is 2. The van der Waals surface area contributed by atoms with Crippen LogP contribution >= 0.6 is 11.6 Å². The third kappa shape index (κ3) is 2.38. The summed E-state index contributed by atoms with van der Waals surface area (Å²) < 4.78 is 4.73. The summed E-state index contributed by atoms with van der Waals surface area (Å²) in [4.78, 5) is 26.6. The van der Waals surface area contributed by atoms with Gasteiger partial charge in [-0.3, -0.25) is 4.79 Å². The second-order valence-corrected chi connectivity index (χ2v) is 5.06. The largest absolute Gasteiger partial charge is 0.460 e. The molecule has 0 saturated carbocycles. The highest BCUT2D eigenvalue weighted by atomic mass is 35.5. The minimum absolute atomic E-state index is 0.178. The van der Waals surface area contributed by atoms with Gasteiger partial charge in [0.1, 0.15) is 0 Å². The number of rotatable bonds is 3. The number of Topliss-reactive ketones (excluding diaryl/α,β-unsaturated/α-hetero) is 1. The van der Waals surface area contributed by atoms with Crippen LogP contribution in [0.4, 0.5) is 0 Å². The van der Waals surface area contributed by atoms with Gasteiger partial charge in [0, 0.05) is 32.4 Å². The van der Waals surface area contributed by atoms with Gasteiger partial charge in [-0.05, 0) is 31.2 Å². The van der Waals surface area contributed by atoms with Crippen LogP contribution in [0.1, 0.15) is 17.3 Å². The van der Waals surface area contributed by atoms with E-state index in [4.69, 9.17) is 16.3 Å². The molecule has 0 aliphatic carbocycles. The van der Waals surface area contributed by atoms with Gasteiger partial charge in [-0.2, -0.15) is 0 Å². The zero-order chi connectivity index (χ0) is 15.0. The molecule has 3 rings (SSSR count). The highest BCUT2D eigenvalue weighted by molar-refractivity contribution is 6.41. The lowest BCUT2D eigenvalue weighted by molar-refractivity contribution is -0.137. The first-order valence-electron chi connectivity index (χ1n) is 6.52. The van der Waals surface area contributed by atoms with Gasteiger partial charge in [-0.15, -0.1) is 0 Å². The molecule has 0 unspecified atom stereocenters. The molecule has 0 atom stereocenters. The summed E-state index contributed by atoms with van der Waals surface area (Å²) in [7, 11) is 0. The quantitative estimate of drug-likeness (QED) is 0.455. The average molecular weight is 302 g/mol. The third-order valence-corrected chi connectivity index (χ3v) is 3.52. The average Bonchev–Trinajstić information content (AvgIpc) is 2.83. The van der Waals surface area contributed by atoms with Crippen molar-refractivity contribution >= 4 is 45.2 Å². The van der Waals surface area contributed by atoms with Crippen molar-refractivity contribution in [2.45, 2.75) is 6.92 Å². The Hall–Kier alpha value is -2.33. The van der Waals surface area contributed by atoms with Crippen LogP contribution in [0.5, 0.6) is 0 Å². The van der Waals surface area contributed by atoms with Crippen LogP contribution in [0.25, 0.3) is 21.8 Å². The molecule has 0 aliphatic heterocycles. The van der Waals surface area contributed by atoms with E-state index in [0.717, 1.165) is 21.8 Å². The topological polar surface area (TPSA) is 59.2 Å². The Morgan fingerprint density at radius 2 is 1.90 bits per heavy atom. The molecule has 2 aromatic carbocycles. The third-order valence-electron chi connectivity index (χ3n) is 3.28. The van der Waals surface area contributed by atoms with Gasteiger partial charge in [0.15, 0.2) is 0 Å². The molecule has 1 N–H and O–H groups in total. The van der Waals surface area contributed by atoms with Crippen molar-refractivity contribution < 1.29 is 14.3 Å². The molecule has 5 heteroatoms. The number of esters is 1. The Bertz CT molecular complexity index is 866. The van der Waals surface area contributed by atoms with Gasteiger partial charge in [0.2, 0.25) is 0 Å². The fourth-order valence-electron chi connectivity index (χ4n) is 2.33. The summed E-state index contributed by atoms with van der Waals surface area (Å²) in [5.41, 5.74) is 2.01. The van der Waals surface area contributed by atoms with Gasteiger partial charge >= 0.3 is 5.97 Å². The van der Waals surface area contributed by atoms with E-state index in [2.05, 4.69) is 4.98 Å². The predicted molar refractivity (Wildman–Crippen MR) is 81.8 cm³/mol. The van der Waals surface area contributed by atoms with Crippen molar-refractivity contribution in [3.8, 4) is 0 Å². The summed E-state index contributed by atoms with van der Waals surface area (Å²) >= 11 is 6.00. The molecule has 0 fully saturated rings. The van der Waals surface area contributed by atoms with Gasteiger partial charge in [-0.25, -0.2) is 4.79 Å². The van der Waals surface area contributed by atoms with E-state index in [1.54, 1.807) is 31.2 Å². The number of benzene rings is 2. The number of hydrogen-bond acceptors (Lipinski definition) is 3. The maximum absolute atomic E-state index is 11.9. The smallest absolute Gasteiger partial charge is 0.379 e. The number of halogens is 1. The molecule has 106 valence electrons. The number of nitrogens with one attached hydrogen (secondary N) is 1. The van der Waals surface area contributed by atoms with Crippen LogP contribution in [0, 0.1) is 0 Å². The normalized spacial score (nSPS) is 11.0. The van der Waals surface area contributed by atoms with Gasteiger partial charge in [0.05, 0.1) is 6.61 Å². The van der Waals surface area contributed by atoms with Crippen molar-refractivity contribution in [1.82, 2.24) is 4.98 Å². The summed E-state index contributed by atoms with van der Waals surface area (Å²) in [5.74, 6) is -1.48. The van der Waals surface area contributed by atoms with E-state index >= 15 is 0 Å². The van der Waals surface area contributed by atoms with Gasteiger partial charge in [-0.1, -0.05) is 23.7 Å². The van der Waals surface area contributed by atoms with Crippen LogP contribution in [-0.4, -0.2) is 23.3 Å². The second kappa shape index (κ2) is 5.22. The Morgan fingerprint density at radius 1 is 1.10 bits per heavy atom. The number of ketones is 1. The van der Waals surface area contributed by atoms with Crippen molar-refractivity contribution in [1.29, 1.82) is 0 Å². The molecule has 0 aliphatic rings. The molecule has 0 saturated heterocycles. The van der Waals surface area contributed by atoms with Crippen LogP contribution in [-0.2, 0) is 9.53 Å². The Kier molecular flexibility index (Phi) is 3.39. The molecule has 1 heterocycles. The van der Waals surface area contributed by atoms with Crippen LogP contribution in [0.3, 0.4) is 0 Å². The summed E-state index contributed by atoms with van der Waals surface area (Å²) in [6.45, 7) is 1.84. The highest BCUT2D eigenvalue weighted by Gasteiger charge is 2.18. The first kappa shape index (κ1) is 13.6. The zero-order valence-electron chi connectivity index (χ0n) is 11.3. The molecule has 0 bridgehead atoms. The fourth-order valence-corrected chi connectivity index (χ4v) is 2.50. The molecule has 0 spiro atoms. The van der Waals surface area contributed by atoms with E-state index in [1.807, 2.05) is 12.1 Å². The molecule has 1 aromatic heterocycles. The molecular formula is C16H12ClNO3. The van der Waals surface area contributed by atoms with Gasteiger partial charge in [0.25, 0.3) is 5.78 Å². The summed E-state index contributed by atoms with van der Waals surface area (Å²) in [6.07, 6.45) is 0. The lowest BCUT2D eigenvalue weighted by atomic mass is 10.1. The number of hydrogen-bond donors (Lipinski definition) is 1. The number of aromatic nitrogens is 1. The highest BCUT2D eigenvalue weighted by Crippen LogP contribution is 2.28. The standard InChI is InChI=1S/C16H12ClNO3/c1-2-21-16(20)15(19)9-3-5-11-12-8-10(17)4-6-13(12)18-14(11)7-9/h3-8,18H,2H2,1H3. The van der Waals surface area contributed by atoms with Crippen molar-refractivity contribution in [3.05, 3.63) is 47.0 Å². The first-order valence-corrected chi connectivity index (χ1v) is 6.90. The SMILES string of the molecule is CCOC(=O)C(=O)c1ccc2c(c1)[nH]c1ccc(Cl)cc12. The monoisotopic (exact) mass is 301 g/mol. The van der Waals surface area contributed by atoms with Crippen molar-refractivity contribution in [2.24, 2.45) is 0 Å². The minimum atomic E-state index is -0.837. The summed E-state index contributed by atoms with van der Waals surface area (Å²) in [5, 5.41) is 2.58. The summed E-state index contributed by atoms with van der Waals surface area (Å²) in [6, 6.07) is 10.6. The molecule has 21 heavy (non-hydrogen) atoms. The van der Waals surface area contributed by atoms with Crippen LogP contribution in [0.2, 0.25) is 5.02 Å². The van der Waals surface area contributed by atoms with E-state index < -0.39 is 11.8 Å². The number of fused-ring (bicyclic) bond motifs is 3. The van der Waals surface area contributed by atoms with E-state index in [-0.39, 0.29) is 6.61 Å². The molecule has 4 nitrogen and oxygen atoms in total. The Balaban J connectivity index is 2.10. The van der Waals surface area contributed by atoms with E-state index in [0.29, 0.717) is 10.6 Å². The Labute approximate surface area is 125 Å². The van der Waals surface area contributed by atoms with Gasteiger partial charge < -0.3 is 9.72 Å².